The number of anilines is 1. The Morgan fingerprint density at radius 3 is 2.26 bits per heavy atom. The highest BCUT2D eigenvalue weighted by atomic mass is 16.7. The number of rotatable bonds is 15. The summed E-state index contributed by atoms with van der Waals surface area (Å²) in [6, 6.07) is 22.2. The van der Waals surface area contributed by atoms with E-state index in [4.69, 9.17) is 24.1 Å². The van der Waals surface area contributed by atoms with Crippen molar-refractivity contribution in [2.45, 2.75) is 76.4 Å². The first-order chi connectivity index (χ1) is 22.4. The molecule has 0 radical (unpaired) electrons. The first kappa shape index (κ1) is 33.6. The number of carbonyl (C=O) groups excluding carboxylic acids is 2. The predicted molar refractivity (Wildman–Crippen MR) is 176 cm³/mol. The zero-order chi connectivity index (χ0) is 32.3. The molecule has 9 nitrogen and oxygen atoms in total. The fraction of sp³-hybridized carbons (Fsp3) is 0.459. The number of amides is 1. The monoisotopic (exact) mass is 630 g/mol. The number of methoxy groups -OCH3 is 2. The molecule has 2 aliphatic rings. The lowest BCUT2D eigenvalue weighted by Gasteiger charge is -2.39. The Balaban J connectivity index is 1.19. The first-order valence-corrected chi connectivity index (χ1v) is 16.3. The van der Waals surface area contributed by atoms with Crippen LogP contribution >= 0.6 is 0 Å². The van der Waals surface area contributed by atoms with Gasteiger partial charge in [0.05, 0.1) is 26.4 Å². The van der Waals surface area contributed by atoms with Crippen LogP contribution in [0.2, 0.25) is 0 Å². The second-order valence-corrected chi connectivity index (χ2v) is 12.1. The van der Waals surface area contributed by atoms with E-state index in [-0.39, 0.29) is 23.9 Å². The number of nitrogens with one attached hydrogen (secondary N) is 1. The minimum Gasteiger partial charge on any atom is -0.493 e. The van der Waals surface area contributed by atoms with Crippen molar-refractivity contribution in [3.63, 3.8) is 0 Å². The van der Waals surface area contributed by atoms with Gasteiger partial charge < -0.3 is 29.4 Å². The van der Waals surface area contributed by atoms with Crippen LogP contribution in [0.25, 0.3) is 0 Å². The van der Waals surface area contributed by atoms with Crippen LogP contribution in [0.4, 0.5) is 5.69 Å². The van der Waals surface area contributed by atoms with Crippen molar-refractivity contribution in [3.05, 3.63) is 89.0 Å². The van der Waals surface area contributed by atoms with Gasteiger partial charge in [0, 0.05) is 50.1 Å². The number of hydrogen-bond donors (Lipinski definition) is 2. The van der Waals surface area contributed by atoms with E-state index in [1.165, 1.54) is 11.1 Å². The number of ketones is 1. The average Bonchev–Trinajstić information content (AvgIpc) is 3.09. The zero-order valence-corrected chi connectivity index (χ0v) is 26.9. The molecule has 0 saturated carbocycles. The van der Waals surface area contributed by atoms with Gasteiger partial charge in [0.1, 0.15) is 6.61 Å². The minimum atomic E-state index is -0.534. The van der Waals surface area contributed by atoms with E-state index in [1.807, 2.05) is 42.5 Å². The molecule has 2 heterocycles. The molecule has 46 heavy (non-hydrogen) atoms. The molecule has 3 atom stereocenters. The molecule has 246 valence electrons. The summed E-state index contributed by atoms with van der Waals surface area (Å²) in [6.07, 6.45) is 5.08. The molecule has 9 heteroatoms. The number of hydrogen-bond acceptors (Lipinski definition) is 8. The van der Waals surface area contributed by atoms with Crippen molar-refractivity contribution in [1.82, 2.24) is 4.90 Å². The van der Waals surface area contributed by atoms with E-state index < -0.39 is 12.9 Å². The lowest BCUT2D eigenvalue weighted by atomic mass is 9.97. The van der Waals surface area contributed by atoms with Crippen LogP contribution in [-0.2, 0) is 32.0 Å². The number of benzene rings is 3. The molecule has 5 rings (SSSR count). The summed E-state index contributed by atoms with van der Waals surface area (Å²) >= 11 is 0. The average molecular weight is 631 g/mol. The molecule has 1 saturated heterocycles. The summed E-state index contributed by atoms with van der Waals surface area (Å²) in [5.74, 6) is 1.35. The number of nitrogens with zero attached hydrogens (tertiary/aromatic N) is 1. The zero-order valence-electron chi connectivity index (χ0n) is 26.9. The molecule has 0 aliphatic carbocycles. The number of fused-ring (bicyclic) bond motifs is 1. The van der Waals surface area contributed by atoms with Gasteiger partial charge in [-0.25, -0.2) is 0 Å². The molecule has 1 amide bonds. The van der Waals surface area contributed by atoms with Crippen molar-refractivity contribution in [3.8, 4) is 11.5 Å². The van der Waals surface area contributed by atoms with Crippen molar-refractivity contribution in [2.75, 3.05) is 39.2 Å². The number of Topliss-reactive ketones (excluding diaryl/α,β-unsaturated/α-hetero) is 1. The van der Waals surface area contributed by atoms with E-state index in [0.717, 1.165) is 86.5 Å². The summed E-state index contributed by atoms with van der Waals surface area (Å²) < 4.78 is 24.2. The maximum atomic E-state index is 12.5. The van der Waals surface area contributed by atoms with Crippen LogP contribution in [0.15, 0.2) is 66.7 Å². The Kier molecular flexibility index (Phi) is 12.2. The van der Waals surface area contributed by atoms with Gasteiger partial charge >= 0.3 is 0 Å². The molecular formula is C37H46N2O7. The highest BCUT2D eigenvalue weighted by Gasteiger charge is 2.34. The third kappa shape index (κ3) is 9.16. The van der Waals surface area contributed by atoms with Crippen LogP contribution in [0.3, 0.4) is 0 Å². The predicted octanol–water partition coefficient (Wildman–Crippen LogP) is 6.15. The summed E-state index contributed by atoms with van der Waals surface area (Å²) in [5, 5.41) is 11.8. The highest BCUT2D eigenvalue weighted by Crippen LogP contribution is 2.39. The van der Waals surface area contributed by atoms with E-state index >= 15 is 0 Å². The molecule has 0 aromatic heterocycles. The first-order valence-electron chi connectivity index (χ1n) is 16.3. The fourth-order valence-corrected chi connectivity index (χ4v) is 6.24. The molecular weight excluding hydrogens is 584 g/mol. The molecule has 3 unspecified atom stereocenters. The van der Waals surface area contributed by atoms with E-state index in [2.05, 4.69) is 34.5 Å². The summed E-state index contributed by atoms with van der Waals surface area (Å²) in [5.41, 5.74) is 5.31. The lowest BCUT2D eigenvalue weighted by molar-refractivity contribution is -0.253. The SMILES string of the molecule is COc1cc2c(cc1OC)CN(CC1CC(c3ccccc3)OC(c3ccc(NC(=O)CCCCCCC(=O)CO)cc3)O1)CC2. The van der Waals surface area contributed by atoms with Crippen molar-refractivity contribution < 1.29 is 33.6 Å². The van der Waals surface area contributed by atoms with Gasteiger partial charge in [-0.05, 0) is 60.2 Å². The normalized spacial score (nSPS) is 19.7. The summed E-state index contributed by atoms with van der Waals surface area (Å²) in [7, 11) is 3.34. The largest absolute Gasteiger partial charge is 0.493 e. The quantitative estimate of drug-likeness (QED) is 0.193. The van der Waals surface area contributed by atoms with Crippen LogP contribution in [-0.4, -0.2) is 61.7 Å². The van der Waals surface area contributed by atoms with Gasteiger partial charge in [-0.2, -0.15) is 0 Å². The smallest absolute Gasteiger partial charge is 0.224 e. The Morgan fingerprint density at radius 1 is 0.870 bits per heavy atom. The van der Waals surface area contributed by atoms with E-state index in [9.17, 15) is 9.59 Å². The standard InChI is InChI=1S/C37H46N2O7/c1-43-34-20-28-18-19-39(23-29(28)21-35(34)44-2)24-32-22-33(26-10-6-5-7-11-26)46-37(45-32)27-14-16-30(17-15-27)38-36(42)13-9-4-3-8-12-31(41)25-40/h5-7,10-11,14-17,20-21,32-33,37,40H,3-4,8-9,12-13,18-19,22-25H2,1-2H3,(H,38,42). The summed E-state index contributed by atoms with van der Waals surface area (Å²) in [6.45, 7) is 2.13. The third-order valence-corrected chi connectivity index (χ3v) is 8.76. The number of aliphatic hydroxyl groups excluding tert-OH is 1. The van der Waals surface area contributed by atoms with Crippen LogP contribution in [0.5, 0.6) is 11.5 Å². The van der Waals surface area contributed by atoms with Crippen molar-refractivity contribution in [2.24, 2.45) is 0 Å². The fourth-order valence-electron chi connectivity index (χ4n) is 6.24. The Morgan fingerprint density at radius 2 is 1.57 bits per heavy atom. The molecule has 0 spiro atoms. The molecule has 3 aromatic rings. The van der Waals surface area contributed by atoms with Gasteiger partial charge in [-0.1, -0.05) is 55.3 Å². The maximum absolute atomic E-state index is 12.5. The number of aliphatic hydroxyl groups is 1. The Bertz CT molecular complexity index is 1430. The lowest BCUT2D eigenvalue weighted by Crippen LogP contribution is -2.41. The molecule has 3 aromatic carbocycles. The third-order valence-electron chi connectivity index (χ3n) is 8.76. The maximum Gasteiger partial charge on any atom is 0.224 e. The molecule has 1 fully saturated rings. The molecule has 2 aliphatic heterocycles. The molecule has 2 N–H and O–H groups in total. The van der Waals surface area contributed by atoms with E-state index in [0.29, 0.717) is 12.8 Å². The topological polar surface area (TPSA) is 107 Å². The number of ether oxygens (including phenoxy) is 4. The Hall–Kier alpha value is -3.76. The van der Waals surface area contributed by atoms with Crippen LogP contribution in [0.1, 0.15) is 79.6 Å². The van der Waals surface area contributed by atoms with Crippen molar-refractivity contribution >= 4 is 17.4 Å². The summed E-state index contributed by atoms with van der Waals surface area (Å²) in [4.78, 5) is 26.1. The van der Waals surface area contributed by atoms with Crippen LogP contribution < -0.4 is 14.8 Å². The van der Waals surface area contributed by atoms with Gasteiger partial charge in [0.2, 0.25) is 5.91 Å². The van der Waals surface area contributed by atoms with Gasteiger partial charge in [-0.15, -0.1) is 0 Å². The van der Waals surface area contributed by atoms with Crippen LogP contribution in [0, 0.1) is 0 Å². The number of unbranched alkanes of at least 4 members (excludes halogenated alkanes) is 3. The Labute approximate surface area is 271 Å². The second-order valence-electron chi connectivity index (χ2n) is 12.1. The van der Waals surface area contributed by atoms with Gasteiger partial charge in [0.25, 0.3) is 0 Å². The van der Waals surface area contributed by atoms with E-state index in [1.54, 1.807) is 14.2 Å². The number of carbonyl (C=O) groups is 2. The minimum absolute atomic E-state index is 0.0345. The molecule has 0 bridgehead atoms. The van der Waals surface area contributed by atoms with Gasteiger partial charge in [0.15, 0.2) is 23.6 Å². The second kappa shape index (κ2) is 16.7. The van der Waals surface area contributed by atoms with Gasteiger partial charge in [-0.3, -0.25) is 14.5 Å². The van der Waals surface area contributed by atoms with Crippen molar-refractivity contribution in [1.29, 1.82) is 0 Å². The highest BCUT2D eigenvalue weighted by molar-refractivity contribution is 5.90.